The Hall–Kier alpha value is -3.97. The normalized spacial score (nSPS) is 10.7. The highest BCUT2D eigenvalue weighted by Crippen LogP contribution is 2.36. The fourth-order valence-corrected chi connectivity index (χ4v) is 3.22. The van der Waals surface area contributed by atoms with Gasteiger partial charge in [-0.1, -0.05) is 42.5 Å². The lowest BCUT2D eigenvalue weighted by molar-refractivity contribution is 0.481. The van der Waals surface area contributed by atoms with Gasteiger partial charge in [0, 0.05) is 29.9 Å². The first-order chi connectivity index (χ1) is 14.6. The standard InChI is InChI=1S/C23H22N6O/c24-12-10-17-14-19(11-13-27-17)30-18-8-6-15(7-9-18)20-21(16-4-2-1-3-5-16)28-23(26)29-22(20)25/h1-9,11,13-14H,10,12,24H2,(H4,25,26,28,29). The van der Waals surface area contributed by atoms with Crippen LogP contribution in [0.2, 0.25) is 0 Å². The molecule has 4 rings (SSSR count). The summed E-state index contributed by atoms with van der Waals surface area (Å²) < 4.78 is 5.96. The maximum Gasteiger partial charge on any atom is 0.222 e. The largest absolute Gasteiger partial charge is 0.457 e. The number of anilines is 2. The van der Waals surface area contributed by atoms with E-state index < -0.39 is 0 Å². The minimum atomic E-state index is 0.140. The fraction of sp³-hybridized carbons (Fsp3) is 0.0870. The number of hydrogen-bond acceptors (Lipinski definition) is 7. The zero-order chi connectivity index (χ0) is 20.9. The molecule has 6 N–H and O–H groups in total. The Morgan fingerprint density at radius 2 is 1.57 bits per heavy atom. The molecule has 7 nitrogen and oxygen atoms in total. The number of pyridine rings is 1. The topological polar surface area (TPSA) is 126 Å². The maximum atomic E-state index is 6.22. The van der Waals surface area contributed by atoms with Crippen molar-refractivity contribution >= 4 is 11.8 Å². The summed E-state index contributed by atoms with van der Waals surface area (Å²) in [5.74, 6) is 1.87. The van der Waals surface area contributed by atoms with Gasteiger partial charge in [0.1, 0.15) is 17.3 Å². The molecule has 0 fully saturated rings. The van der Waals surface area contributed by atoms with Gasteiger partial charge >= 0.3 is 0 Å². The van der Waals surface area contributed by atoms with Crippen LogP contribution in [0.15, 0.2) is 72.9 Å². The third-order valence-corrected chi connectivity index (χ3v) is 4.57. The van der Waals surface area contributed by atoms with Gasteiger partial charge in [-0.2, -0.15) is 4.98 Å². The lowest BCUT2D eigenvalue weighted by atomic mass is 9.99. The van der Waals surface area contributed by atoms with Crippen LogP contribution in [0.3, 0.4) is 0 Å². The van der Waals surface area contributed by atoms with E-state index in [4.69, 9.17) is 21.9 Å². The summed E-state index contributed by atoms with van der Waals surface area (Å²) in [6.45, 7) is 0.542. The SMILES string of the molecule is NCCc1cc(Oc2ccc(-c3c(N)nc(N)nc3-c3ccccc3)cc2)ccn1. The lowest BCUT2D eigenvalue weighted by Gasteiger charge is -2.13. The first-order valence-corrected chi connectivity index (χ1v) is 9.56. The Kier molecular flexibility index (Phi) is 5.54. The van der Waals surface area contributed by atoms with E-state index >= 15 is 0 Å². The second-order valence-electron chi connectivity index (χ2n) is 6.70. The van der Waals surface area contributed by atoms with E-state index in [1.165, 1.54) is 0 Å². The molecule has 0 unspecified atom stereocenters. The molecule has 2 heterocycles. The van der Waals surface area contributed by atoms with Gasteiger partial charge in [-0.3, -0.25) is 4.98 Å². The molecule has 0 bridgehead atoms. The van der Waals surface area contributed by atoms with E-state index in [-0.39, 0.29) is 5.95 Å². The molecular weight excluding hydrogens is 376 g/mol. The van der Waals surface area contributed by atoms with E-state index in [0.717, 1.165) is 22.4 Å². The van der Waals surface area contributed by atoms with Crippen LogP contribution in [-0.2, 0) is 6.42 Å². The molecule has 150 valence electrons. The van der Waals surface area contributed by atoms with Crippen molar-refractivity contribution in [2.45, 2.75) is 6.42 Å². The molecular formula is C23H22N6O. The summed E-state index contributed by atoms with van der Waals surface area (Å²) in [5.41, 5.74) is 21.8. The van der Waals surface area contributed by atoms with Crippen molar-refractivity contribution in [3.05, 3.63) is 78.6 Å². The van der Waals surface area contributed by atoms with Crippen LogP contribution in [0, 0.1) is 0 Å². The Bertz CT molecular complexity index is 1150. The number of benzene rings is 2. The molecule has 7 heteroatoms. The van der Waals surface area contributed by atoms with Crippen LogP contribution in [0.5, 0.6) is 11.5 Å². The smallest absolute Gasteiger partial charge is 0.222 e. The number of nitrogens with two attached hydrogens (primary N) is 3. The van der Waals surface area contributed by atoms with Crippen LogP contribution in [0.25, 0.3) is 22.4 Å². The van der Waals surface area contributed by atoms with Gasteiger partial charge in [-0.25, -0.2) is 4.98 Å². The summed E-state index contributed by atoms with van der Waals surface area (Å²) in [6, 6.07) is 21.1. The first-order valence-electron chi connectivity index (χ1n) is 9.56. The summed E-state index contributed by atoms with van der Waals surface area (Å²) in [5, 5.41) is 0. The minimum absolute atomic E-state index is 0.140. The second kappa shape index (κ2) is 8.59. The highest BCUT2D eigenvalue weighted by Gasteiger charge is 2.15. The number of aromatic nitrogens is 3. The molecule has 0 saturated heterocycles. The lowest BCUT2D eigenvalue weighted by Crippen LogP contribution is -2.04. The summed E-state index contributed by atoms with van der Waals surface area (Å²) in [4.78, 5) is 12.9. The molecule has 0 atom stereocenters. The number of hydrogen-bond donors (Lipinski definition) is 3. The Morgan fingerprint density at radius 1 is 0.800 bits per heavy atom. The van der Waals surface area contributed by atoms with Crippen LogP contribution in [0.4, 0.5) is 11.8 Å². The van der Waals surface area contributed by atoms with Gasteiger partial charge in [0.15, 0.2) is 0 Å². The molecule has 2 aromatic heterocycles. The molecule has 0 radical (unpaired) electrons. The third kappa shape index (κ3) is 4.21. The molecule has 30 heavy (non-hydrogen) atoms. The first kappa shape index (κ1) is 19.4. The molecule has 0 amide bonds. The zero-order valence-electron chi connectivity index (χ0n) is 16.3. The fourth-order valence-electron chi connectivity index (χ4n) is 3.22. The number of rotatable bonds is 6. The third-order valence-electron chi connectivity index (χ3n) is 4.57. The number of nitrogens with zero attached hydrogens (tertiary/aromatic N) is 3. The van der Waals surface area contributed by atoms with Gasteiger partial charge in [0.25, 0.3) is 0 Å². The van der Waals surface area contributed by atoms with Crippen LogP contribution in [-0.4, -0.2) is 21.5 Å². The van der Waals surface area contributed by atoms with Crippen molar-refractivity contribution < 1.29 is 4.74 Å². The number of ether oxygens (including phenoxy) is 1. The highest BCUT2D eigenvalue weighted by molar-refractivity contribution is 5.88. The van der Waals surface area contributed by atoms with Gasteiger partial charge in [0.05, 0.1) is 11.3 Å². The van der Waals surface area contributed by atoms with Gasteiger partial charge in [0.2, 0.25) is 5.95 Å². The quantitative estimate of drug-likeness (QED) is 0.452. The van der Waals surface area contributed by atoms with Crippen LogP contribution < -0.4 is 21.9 Å². The minimum Gasteiger partial charge on any atom is -0.457 e. The van der Waals surface area contributed by atoms with E-state index in [9.17, 15) is 0 Å². The number of nitrogen functional groups attached to an aromatic ring is 2. The van der Waals surface area contributed by atoms with E-state index in [1.807, 2.05) is 66.7 Å². The zero-order valence-corrected chi connectivity index (χ0v) is 16.3. The van der Waals surface area contributed by atoms with E-state index in [0.29, 0.717) is 36.0 Å². The van der Waals surface area contributed by atoms with Crippen molar-refractivity contribution in [3.63, 3.8) is 0 Å². The summed E-state index contributed by atoms with van der Waals surface area (Å²) in [6.07, 6.45) is 2.42. The van der Waals surface area contributed by atoms with Crippen LogP contribution in [0.1, 0.15) is 5.69 Å². The molecule has 0 saturated carbocycles. The van der Waals surface area contributed by atoms with Crippen molar-refractivity contribution in [1.82, 2.24) is 15.0 Å². The van der Waals surface area contributed by atoms with Gasteiger partial charge in [-0.15, -0.1) is 0 Å². The molecule has 0 aliphatic heterocycles. The van der Waals surface area contributed by atoms with Crippen molar-refractivity contribution in [2.75, 3.05) is 18.0 Å². The summed E-state index contributed by atoms with van der Waals surface area (Å²) in [7, 11) is 0. The van der Waals surface area contributed by atoms with E-state index in [1.54, 1.807) is 6.20 Å². The highest BCUT2D eigenvalue weighted by atomic mass is 16.5. The van der Waals surface area contributed by atoms with Crippen LogP contribution >= 0.6 is 0 Å². The molecule has 0 spiro atoms. The Balaban J connectivity index is 1.66. The Labute approximate surface area is 174 Å². The predicted octanol–water partition coefficient (Wildman–Crippen LogP) is 3.66. The molecule has 0 aliphatic carbocycles. The van der Waals surface area contributed by atoms with Gasteiger partial charge < -0.3 is 21.9 Å². The summed E-state index contributed by atoms with van der Waals surface area (Å²) >= 11 is 0. The second-order valence-corrected chi connectivity index (χ2v) is 6.70. The van der Waals surface area contributed by atoms with Crippen molar-refractivity contribution in [1.29, 1.82) is 0 Å². The van der Waals surface area contributed by atoms with Crippen molar-refractivity contribution in [3.8, 4) is 33.9 Å². The predicted molar refractivity (Wildman–Crippen MR) is 119 cm³/mol. The monoisotopic (exact) mass is 398 g/mol. The van der Waals surface area contributed by atoms with E-state index in [2.05, 4.69) is 15.0 Å². The van der Waals surface area contributed by atoms with Gasteiger partial charge in [-0.05, 0) is 30.3 Å². The average molecular weight is 398 g/mol. The average Bonchev–Trinajstić information content (AvgIpc) is 2.75. The molecule has 4 aromatic rings. The Morgan fingerprint density at radius 3 is 2.30 bits per heavy atom. The molecule has 0 aliphatic rings. The van der Waals surface area contributed by atoms with Crippen molar-refractivity contribution in [2.24, 2.45) is 5.73 Å². The molecule has 2 aromatic carbocycles. The maximum absolute atomic E-state index is 6.22.